The lowest BCUT2D eigenvalue weighted by atomic mass is 9.90. The topological polar surface area (TPSA) is 59.0 Å². The van der Waals surface area contributed by atoms with E-state index in [4.69, 9.17) is 14.6 Å². The van der Waals surface area contributed by atoms with E-state index in [0.717, 1.165) is 71.1 Å². The zero-order valence-corrected chi connectivity index (χ0v) is 12.8. The van der Waals surface area contributed by atoms with Gasteiger partial charge < -0.3 is 14.6 Å². The Morgan fingerprint density at radius 1 is 1.19 bits per heavy atom. The summed E-state index contributed by atoms with van der Waals surface area (Å²) in [7, 11) is 0. The molecule has 2 saturated heterocycles. The second-order valence-corrected chi connectivity index (χ2v) is 7.06. The molecule has 5 heteroatoms. The molecule has 0 amide bonds. The second kappa shape index (κ2) is 6.63. The van der Waals surface area contributed by atoms with E-state index in [1.54, 1.807) is 0 Å². The molecule has 0 spiro atoms. The van der Waals surface area contributed by atoms with Crippen LogP contribution < -0.4 is 0 Å². The van der Waals surface area contributed by atoms with Gasteiger partial charge in [-0.3, -0.25) is 9.69 Å². The molecule has 0 radical (unpaired) electrons. The van der Waals surface area contributed by atoms with Gasteiger partial charge in [0.15, 0.2) is 0 Å². The van der Waals surface area contributed by atoms with Crippen LogP contribution in [0.1, 0.15) is 38.5 Å². The lowest BCUT2D eigenvalue weighted by molar-refractivity contribution is -0.138. The highest BCUT2D eigenvalue weighted by molar-refractivity contribution is 5.68. The predicted molar refractivity (Wildman–Crippen MR) is 78.3 cm³/mol. The number of carbonyl (C=O) groups is 1. The third-order valence-electron chi connectivity index (χ3n) is 5.32. The Morgan fingerprint density at radius 2 is 1.95 bits per heavy atom. The van der Waals surface area contributed by atoms with Crippen LogP contribution in [-0.2, 0) is 14.3 Å². The summed E-state index contributed by atoms with van der Waals surface area (Å²) in [6, 6.07) is 0.466. The number of hydrogen-bond donors (Lipinski definition) is 1. The number of nitrogens with zero attached hydrogens (tertiary/aromatic N) is 1. The molecule has 2 heterocycles. The average molecular weight is 297 g/mol. The number of morpholine rings is 1. The summed E-state index contributed by atoms with van der Waals surface area (Å²) >= 11 is 0. The lowest BCUT2D eigenvalue weighted by Crippen LogP contribution is -2.49. The fraction of sp³-hybridized carbons (Fsp3) is 0.938. The largest absolute Gasteiger partial charge is 0.481 e. The summed E-state index contributed by atoms with van der Waals surface area (Å²) in [5.74, 6) is 0.0873. The van der Waals surface area contributed by atoms with Gasteiger partial charge in [-0.15, -0.1) is 0 Å². The number of rotatable bonds is 6. The molecule has 5 nitrogen and oxygen atoms in total. The van der Waals surface area contributed by atoms with E-state index in [9.17, 15) is 4.79 Å². The maximum absolute atomic E-state index is 11.0. The third-order valence-corrected chi connectivity index (χ3v) is 5.32. The van der Waals surface area contributed by atoms with Gasteiger partial charge in [-0.05, 0) is 43.4 Å². The van der Waals surface area contributed by atoms with Gasteiger partial charge in [-0.25, -0.2) is 0 Å². The van der Waals surface area contributed by atoms with Crippen molar-refractivity contribution in [2.45, 2.75) is 44.6 Å². The van der Waals surface area contributed by atoms with Crippen molar-refractivity contribution in [1.29, 1.82) is 0 Å². The Labute approximate surface area is 126 Å². The maximum atomic E-state index is 11.0. The molecule has 1 aliphatic carbocycles. The van der Waals surface area contributed by atoms with Gasteiger partial charge in [0.2, 0.25) is 0 Å². The Kier molecular flexibility index (Phi) is 4.82. The second-order valence-electron chi connectivity index (χ2n) is 7.06. The fourth-order valence-electron chi connectivity index (χ4n) is 3.80. The minimum atomic E-state index is -0.651. The van der Waals surface area contributed by atoms with Gasteiger partial charge in [-0.2, -0.15) is 0 Å². The van der Waals surface area contributed by atoms with Crippen LogP contribution >= 0.6 is 0 Å². The lowest BCUT2D eigenvalue weighted by Gasteiger charge is -2.40. The number of aliphatic carboxylic acids is 1. The number of carboxylic acids is 1. The molecule has 1 unspecified atom stereocenters. The van der Waals surface area contributed by atoms with Crippen LogP contribution in [0.15, 0.2) is 0 Å². The van der Waals surface area contributed by atoms with Crippen molar-refractivity contribution in [3.8, 4) is 0 Å². The van der Waals surface area contributed by atoms with Crippen LogP contribution in [0.3, 0.4) is 0 Å². The van der Waals surface area contributed by atoms with E-state index >= 15 is 0 Å². The van der Waals surface area contributed by atoms with E-state index in [1.165, 1.54) is 6.42 Å². The summed E-state index contributed by atoms with van der Waals surface area (Å²) in [6.07, 6.45) is 5.96. The van der Waals surface area contributed by atoms with E-state index < -0.39 is 5.97 Å². The van der Waals surface area contributed by atoms with Gasteiger partial charge in [0.05, 0.1) is 19.6 Å². The van der Waals surface area contributed by atoms with Gasteiger partial charge >= 0.3 is 5.97 Å². The first kappa shape index (κ1) is 15.3. The van der Waals surface area contributed by atoms with E-state index in [0.29, 0.717) is 12.5 Å². The van der Waals surface area contributed by atoms with Gasteiger partial charge in [-0.1, -0.05) is 0 Å². The molecule has 3 aliphatic rings. The zero-order valence-electron chi connectivity index (χ0n) is 12.8. The maximum Gasteiger partial charge on any atom is 0.303 e. The molecule has 0 aromatic rings. The van der Waals surface area contributed by atoms with Crippen LogP contribution in [-0.4, -0.2) is 61.5 Å². The Bertz CT molecular complexity index is 363. The molecule has 120 valence electrons. The monoisotopic (exact) mass is 297 g/mol. The highest BCUT2D eigenvalue weighted by atomic mass is 16.5. The molecule has 3 fully saturated rings. The minimum absolute atomic E-state index is 0.0527. The Hall–Kier alpha value is -0.650. The number of hydrogen-bond acceptors (Lipinski definition) is 4. The van der Waals surface area contributed by atoms with Crippen LogP contribution in [0.5, 0.6) is 0 Å². The molecule has 0 bridgehead atoms. The number of ether oxygens (including phenoxy) is 2. The molecule has 1 atom stereocenters. The van der Waals surface area contributed by atoms with Crippen molar-refractivity contribution in [3.63, 3.8) is 0 Å². The summed E-state index contributed by atoms with van der Waals surface area (Å²) < 4.78 is 11.1. The summed E-state index contributed by atoms with van der Waals surface area (Å²) in [5.41, 5.74) is 0.0527. The SMILES string of the molecule is O=C(O)CC1(CN2CCOCC2CC2CCOCC2)CC1. The highest BCUT2D eigenvalue weighted by Gasteiger charge is 2.46. The van der Waals surface area contributed by atoms with Crippen LogP contribution in [0.4, 0.5) is 0 Å². The standard InChI is InChI=1S/C16H27NO4/c18-15(19)10-16(3-4-16)12-17-5-8-21-11-14(17)9-13-1-6-20-7-2-13/h13-14H,1-12H2,(H,18,19). The van der Waals surface area contributed by atoms with Crippen molar-refractivity contribution < 1.29 is 19.4 Å². The molecule has 2 aliphatic heterocycles. The van der Waals surface area contributed by atoms with Crippen LogP contribution in [0.25, 0.3) is 0 Å². The predicted octanol–water partition coefficient (Wildman–Crippen LogP) is 1.76. The van der Waals surface area contributed by atoms with Crippen molar-refractivity contribution in [2.75, 3.05) is 39.5 Å². The van der Waals surface area contributed by atoms with E-state index in [-0.39, 0.29) is 5.41 Å². The first-order chi connectivity index (χ1) is 10.2. The van der Waals surface area contributed by atoms with Crippen molar-refractivity contribution in [1.82, 2.24) is 4.90 Å². The van der Waals surface area contributed by atoms with Gasteiger partial charge in [0, 0.05) is 32.3 Å². The molecule has 1 saturated carbocycles. The summed E-state index contributed by atoms with van der Waals surface area (Å²) in [4.78, 5) is 13.5. The molecule has 3 rings (SSSR count). The third kappa shape index (κ3) is 4.18. The Morgan fingerprint density at radius 3 is 2.62 bits per heavy atom. The quantitative estimate of drug-likeness (QED) is 0.809. The van der Waals surface area contributed by atoms with E-state index in [1.807, 2.05) is 0 Å². The molecular formula is C16H27NO4. The van der Waals surface area contributed by atoms with Crippen LogP contribution in [0.2, 0.25) is 0 Å². The van der Waals surface area contributed by atoms with Gasteiger partial charge in [0.1, 0.15) is 0 Å². The molecular weight excluding hydrogens is 270 g/mol. The van der Waals surface area contributed by atoms with Gasteiger partial charge in [0.25, 0.3) is 0 Å². The zero-order chi connectivity index (χ0) is 14.7. The first-order valence-electron chi connectivity index (χ1n) is 8.28. The Balaban J connectivity index is 1.55. The molecule has 0 aromatic carbocycles. The summed E-state index contributed by atoms with van der Waals surface area (Å²) in [6.45, 7) is 5.27. The van der Waals surface area contributed by atoms with Crippen molar-refractivity contribution >= 4 is 5.97 Å². The van der Waals surface area contributed by atoms with Crippen LogP contribution in [0, 0.1) is 11.3 Å². The number of carboxylic acid groups (broad SMARTS) is 1. The minimum Gasteiger partial charge on any atom is -0.481 e. The molecule has 21 heavy (non-hydrogen) atoms. The average Bonchev–Trinajstić information content (AvgIpc) is 3.21. The molecule has 0 aromatic heterocycles. The molecule has 1 N–H and O–H groups in total. The smallest absolute Gasteiger partial charge is 0.303 e. The first-order valence-corrected chi connectivity index (χ1v) is 8.28. The fourth-order valence-corrected chi connectivity index (χ4v) is 3.80. The van der Waals surface area contributed by atoms with E-state index in [2.05, 4.69) is 4.90 Å². The highest BCUT2D eigenvalue weighted by Crippen LogP contribution is 2.49. The summed E-state index contributed by atoms with van der Waals surface area (Å²) in [5, 5.41) is 9.09. The normalized spacial score (nSPS) is 30.2. The van der Waals surface area contributed by atoms with Crippen molar-refractivity contribution in [2.24, 2.45) is 11.3 Å². The van der Waals surface area contributed by atoms with Crippen molar-refractivity contribution in [3.05, 3.63) is 0 Å².